The van der Waals surface area contributed by atoms with Crippen LogP contribution in [-0.4, -0.2) is 34.6 Å². The minimum atomic E-state index is -1.11. The number of amides is 1. The van der Waals surface area contributed by atoms with E-state index in [-0.39, 0.29) is 5.91 Å². The van der Waals surface area contributed by atoms with Crippen molar-refractivity contribution in [3.63, 3.8) is 0 Å². The fraction of sp³-hybridized carbons (Fsp3) is 0.500. The quantitative estimate of drug-likeness (QED) is 0.857. The summed E-state index contributed by atoms with van der Waals surface area (Å²) in [4.78, 5) is 27.4. The van der Waals surface area contributed by atoms with Crippen molar-refractivity contribution in [3.8, 4) is 5.88 Å². The van der Waals surface area contributed by atoms with Gasteiger partial charge in [0.1, 0.15) is 0 Å². The molecule has 0 aliphatic rings. The Morgan fingerprint density at radius 2 is 1.85 bits per heavy atom. The van der Waals surface area contributed by atoms with Gasteiger partial charge in [-0.2, -0.15) is 0 Å². The van der Waals surface area contributed by atoms with E-state index in [1.165, 1.54) is 13.3 Å². The smallest absolute Gasteiger partial charge is 0.311 e. The largest absolute Gasteiger partial charge is 0.481 e. The van der Waals surface area contributed by atoms with Gasteiger partial charge in [-0.15, -0.1) is 0 Å². The number of aliphatic carboxylic acids is 1. The van der Waals surface area contributed by atoms with Gasteiger partial charge in [0.2, 0.25) is 5.88 Å². The zero-order valence-electron chi connectivity index (χ0n) is 12.4. The highest BCUT2D eigenvalue weighted by Gasteiger charge is 2.44. The SMILES string of the molecule is COc1ccc(C(=O)NC(C)(C)C(C)(C)C(=O)O)cn1. The van der Waals surface area contributed by atoms with Crippen LogP contribution in [0.5, 0.6) is 5.88 Å². The third-order valence-corrected chi connectivity index (χ3v) is 3.73. The molecule has 1 aromatic heterocycles. The van der Waals surface area contributed by atoms with Crippen molar-refractivity contribution < 1.29 is 19.4 Å². The average molecular weight is 280 g/mol. The normalized spacial score (nSPS) is 11.8. The maximum atomic E-state index is 12.1. The Kier molecular flexibility index (Phi) is 4.37. The van der Waals surface area contributed by atoms with Crippen molar-refractivity contribution in [1.29, 1.82) is 0 Å². The molecule has 2 N–H and O–H groups in total. The van der Waals surface area contributed by atoms with Crippen LogP contribution in [-0.2, 0) is 4.79 Å². The van der Waals surface area contributed by atoms with Crippen LogP contribution < -0.4 is 10.1 Å². The van der Waals surface area contributed by atoms with Gasteiger partial charge in [-0.1, -0.05) is 0 Å². The summed E-state index contributed by atoms with van der Waals surface area (Å²) in [6.45, 7) is 6.50. The Bertz CT molecular complexity index is 506. The highest BCUT2D eigenvalue weighted by Crippen LogP contribution is 2.31. The van der Waals surface area contributed by atoms with Gasteiger partial charge in [0, 0.05) is 12.3 Å². The number of carbonyl (C=O) groups excluding carboxylic acids is 1. The van der Waals surface area contributed by atoms with E-state index in [4.69, 9.17) is 4.74 Å². The lowest BCUT2D eigenvalue weighted by Crippen LogP contribution is -2.56. The second-order valence-corrected chi connectivity index (χ2v) is 5.60. The van der Waals surface area contributed by atoms with Gasteiger partial charge >= 0.3 is 5.97 Å². The summed E-state index contributed by atoms with van der Waals surface area (Å²) < 4.78 is 4.92. The molecule has 6 heteroatoms. The zero-order valence-corrected chi connectivity index (χ0v) is 12.4. The molecular formula is C14H20N2O4. The minimum absolute atomic E-state index is 0.347. The molecule has 1 aromatic rings. The third kappa shape index (κ3) is 3.07. The van der Waals surface area contributed by atoms with E-state index >= 15 is 0 Å². The summed E-state index contributed by atoms with van der Waals surface area (Å²) in [7, 11) is 1.49. The van der Waals surface area contributed by atoms with Crippen LogP contribution in [0.3, 0.4) is 0 Å². The van der Waals surface area contributed by atoms with Gasteiger partial charge in [-0.05, 0) is 33.8 Å². The Morgan fingerprint density at radius 3 is 2.25 bits per heavy atom. The predicted molar refractivity (Wildman–Crippen MR) is 73.8 cm³/mol. The maximum absolute atomic E-state index is 12.1. The number of nitrogens with one attached hydrogen (secondary N) is 1. The van der Waals surface area contributed by atoms with E-state index in [1.54, 1.807) is 39.8 Å². The first-order chi connectivity index (χ1) is 9.11. The van der Waals surface area contributed by atoms with E-state index in [0.717, 1.165) is 0 Å². The number of ether oxygens (including phenoxy) is 1. The molecule has 0 aliphatic carbocycles. The topological polar surface area (TPSA) is 88.5 Å². The average Bonchev–Trinajstić information content (AvgIpc) is 2.37. The van der Waals surface area contributed by atoms with Crippen LogP contribution in [0.4, 0.5) is 0 Å². The molecule has 0 unspecified atom stereocenters. The predicted octanol–water partition coefficient (Wildman–Crippen LogP) is 1.71. The van der Waals surface area contributed by atoms with Gasteiger partial charge in [-0.25, -0.2) is 4.98 Å². The van der Waals surface area contributed by atoms with Crippen molar-refractivity contribution in [2.45, 2.75) is 33.2 Å². The number of carbonyl (C=O) groups is 2. The molecule has 0 saturated carbocycles. The van der Waals surface area contributed by atoms with Crippen LogP contribution in [0.15, 0.2) is 18.3 Å². The first-order valence-electron chi connectivity index (χ1n) is 6.18. The highest BCUT2D eigenvalue weighted by molar-refractivity contribution is 5.95. The van der Waals surface area contributed by atoms with Gasteiger partial charge in [0.05, 0.1) is 23.6 Å². The Morgan fingerprint density at radius 1 is 1.25 bits per heavy atom. The van der Waals surface area contributed by atoms with E-state index in [0.29, 0.717) is 11.4 Å². The molecule has 0 radical (unpaired) electrons. The Hall–Kier alpha value is -2.11. The second kappa shape index (κ2) is 5.48. The van der Waals surface area contributed by atoms with Crippen molar-refractivity contribution in [2.24, 2.45) is 5.41 Å². The van der Waals surface area contributed by atoms with Crippen molar-refractivity contribution >= 4 is 11.9 Å². The number of carboxylic acid groups (broad SMARTS) is 1. The Balaban J connectivity index is 2.91. The lowest BCUT2D eigenvalue weighted by atomic mass is 9.74. The van der Waals surface area contributed by atoms with Crippen LogP contribution in [0.2, 0.25) is 0 Å². The van der Waals surface area contributed by atoms with Crippen LogP contribution in [0.1, 0.15) is 38.1 Å². The summed E-state index contributed by atoms with van der Waals surface area (Å²) in [5.74, 6) is -0.943. The first kappa shape index (κ1) is 15.9. The van der Waals surface area contributed by atoms with E-state index < -0.39 is 16.9 Å². The summed E-state index contributed by atoms with van der Waals surface area (Å²) in [5.41, 5.74) is -1.68. The van der Waals surface area contributed by atoms with Crippen molar-refractivity contribution in [1.82, 2.24) is 10.3 Å². The molecule has 0 atom stereocenters. The van der Waals surface area contributed by atoms with Crippen LogP contribution in [0, 0.1) is 5.41 Å². The van der Waals surface area contributed by atoms with E-state index in [9.17, 15) is 14.7 Å². The van der Waals surface area contributed by atoms with Crippen LogP contribution in [0.25, 0.3) is 0 Å². The van der Waals surface area contributed by atoms with Gasteiger partial charge in [-0.3, -0.25) is 9.59 Å². The van der Waals surface area contributed by atoms with Crippen molar-refractivity contribution in [2.75, 3.05) is 7.11 Å². The van der Waals surface area contributed by atoms with Gasteiger partial charge in [0.25, 0.3) is 5.91 Å². The fourth-order valence-electron chi connectivity index (χ4n) is 1.41. The number of hydrogen-bond donors (Lipinski definition) is 2. The lowest BCUT2D eigenvalue weighted by molar-refractivity contribution is -0.150. The molecule has 0 saturated heterocycles. The number of nitrogens with zero attached hydrogens (tertiary/aromatic N) is 1. The molecule has 0 spiro atoms. The van der Waals surface area contributed by atoms with Gasteiger partial charge < -0.3 is 15.2 Å². The zero-order chi connectivity index (χ0) is 15.6. The molecule has 20 heavy (non-hydrogen) atoms. The summed E-state index contributed by atoms with van der Waals surface area (Å²) in [6.07, 6.45) is 1.39. The fourth-order valence-corrected chi connectivity index (χ4v) is 1.41. The number of hydrogen-bond acceptors (Lipinski definition) is 4. The molecule has 6 nitrogen and oxygen atoms in total. The summed E-state index contributed by atoms with van der Waals surface area (Å²) in [5, 5.41) is 12.0. The highest BCUT2D eigenvalue weighted by atomic mass is 16.5. The molecule has 0 fully saturated rings. The van der Waals surface area contributed by atoms with Crippen LogP contribution >= 0.6 is 0 Å². The molecule has 0 aromatic carbocycles. The summed E-state index contributed by atoms with van der Waals surface area (Å²) >= 11 is 0. The van der Waals surface area contributed by atoms with E-state index in [1.807, 2.05) is 0 Å². The monoisotopic (exact) mass is 280 g/mol. The third-order valence-electron chi connectivity index (χ3n) is 3.73. The molecule has 1 heterocycles. The second-order valence-electron chi connectivity index (χ2n) is 5.60. The molecule has 1 amide bonds. The Labute approximate surface area is 118 Å². The van der Waals surface area contributed by atoms with Gasteiger partial charge in [0.15, 0.2) is 0 Å². The number of rotatable bonds is 5. The number of aromatic nitrogens is 1. The number of pyridine rings is 1. The molecule has 1 rings (SSSR count). The maximum Gasteiger partial charge on any atom is 0.311 e. The van der Waals surface area contributed by atoms with E-state index in [2.05, 4.69) is 10.3 Å². The molecular weight excluding hydrogens is 260 g/mol. The minimum Gasteiger partial charge on any atom is -0.481 e. The lowest BCUT2D eigenvalue weighted by Gasteiger charge is -2.38. The van der Waals surface area contributed by atoms with Crippen molar-refractivity contribution in [3.05, 3.63) is 23.9 Å². The molecule has 0 bridgehead atoms. The molecule has 0 aliphatic heterocycles. The summed E-state index contributed by atoms with van der Waals surface area (Å²) in [6, 6.07) is 3.15. The molecule has 110 valence electrons. The first-order valence-corrected chi connectivity index (χ1v) is 6.18. The number of methoxy groups -OCH3 is 1. The standard InChI is InChI=1S/C14H20N2O4/c1-13(2,12(18)19)14(3,4)16-11(17)9-6-7-10(20-5)15-8-9/h6-8H,1-5H3,(H,16,17)(H,18,19). The number of carboxylic acids is 1.